The van der Waals surface area contributed by atoms with Crippen molar-refractivity contribution in [1.82, 2.24) is 20.6 Å². The SMILES string of the molecule is O=C(NCc1nc2c(s1)CNCC2)c1cc(-c2ccccn2)ccc1Cl. The Balaban J connectivity index is 1.50. The molecule has 132 valence electrons. The lowest BCUT2D eigenvalue weighted by Crippen LogP contribution is -2.23. The number of amides is 1. The fourth-order valence-electron chi connectivity index (χ4n) is 2.90. The van der Waals surface area contributed by atoms with E-state index in [-0.39, 0.29) is 5.91 Å². The second-order valence-electron chi connectivity index (χ2n) is 6.00. The molecule has 0 fully saturated rings. The van der Waals surface area contributed by atoms with Crippen molar-refractivity contribution in [2.45, 2.75) is 19.5 Å². The van der Waals surface area contributed by atoms with Crippen LogP contribution in [-0.4, -0.2) is 22.4 Å². The molecule has 0 saturated carbocycles. The van der Waals surface area contributed by atoms with Gasteiger partial charge in [-0.15, -0.1) is 11.3 Å². The van der Waals surface area contributed by atoms with Gasteiger partial charge in [-0.1, -0.05) is 23.7 Å². The Morgan fingerprint density at radius 2 is 2.23 bits per heavy atom. The molecule has 4 rings (SSSR count). The maximum absolute atomic E-state index is 12.6. The molecule has 2 aromatic heterocycles. The Bertz CT molecular complexity index is 918. The highest BCUT2D eigenvalue weighted by atomic mass is 35.5. The van der Waals surface area contributed by atoms with Crippen LogP contribution < -0.4 is 10.6 Å². The van der Waals surface area contributed by atoms with Gasteiger partial charge in [-0.3, -0.25) is 9.78 Å². The van der Waals surface area contributed by atoms with E-state index in [9.17, 15) is 4.79 Å². The van der Waals surface area contributed by atoms with Gasteiger partial charge in [0.25, 0.3) is 5.91 Å². The van der Waals surface area contributed by atoms with Crippen LogP contribution in [0.3, 0.4) is 0 Å². The summed E-state index contributed by atoms with van der Waals surface area (Å²) in [5, 5.41) is 7.60. The molecule has 3 aromatic rings. The van der Waals surface area contributed by atoms with E-state index in [2.05, 4.69) is 20.6 Å². The van der Waals surface area contributed by atoms with Gasteiger partial charge in [0.05, 0.1) is 28.5 Å². The minimum Gasteiger partial charge on any atom is -0.345 e. The van der Waals surface area contributed by atoms with Crippen LogP contribution in [-0.2, 0) is 19.5 Å². The Hall–Kier alpha value is -2.28. The highest BCUT2D eigenvalue weighted by Gasteiger charge is 2.16. The van der Waals surface area contributed by atoms with Gasteiger partial charge in [0.2, 0.25) is 0 Å². The monoisotopic (exact) mass is 384 g/mol. The van der Waals surface area contributed by atoms with E-state index in [0.717, 1.165) is 41.5 Å². The van der Waals surface area contributed by atoms with Crippen LogP contribution in [0.2, 0.25) is 5.02 Å². The summed E-state index contributed by atoms with van der Waals surface area (Å²) in [6.45, 7) is 2.22. The molecule has 0 bridgehead atoms. The molecule has 7 heteroatoms. The van der Waals surface area contributed by atoms with Crippen LogP contribution in [0, 0.1) is 0 Å². The summed E-state index contributed by atoms with van der Waals surface area (Å²) >= 11 is 7.89. The van der Waals surface area contributed by atoms with Gasteiger partial charge < -0.3 is 10.6 Å². The summed E-state index contributed by atoms with van der Waals surface area (Å²) in [4.78, 5) is 22.8. The van der Waals surface area contributed by atoms with Crippen molar-refractivity contribution in [3.63, 3.8) is 0 Å². The molecule has 0 unspecified atom stereocenters. The second-order valence-corrected chi connectivity index (χ2v) is 7.57. The van der Waals surface area contributed by atoms with Crippen LogP contribution in [0.1, 0.15) is 25.9 Å². The number of benzene rings is 1. The van der Waals surface area contributed by atoms with Crippen LogP contribution in [0.25, 0.3) is 11.3 Å². The Labute approximate surface area is 160 Å². The first kappa shape index (κ1) is 17.1. The third-order valence-electron chi connectivity index (χ3n) is 4.22. The molecule has 0 aliphatic carbocycles. The number of hydrogen-bond acceptors (Lipinski definition) is 5. The molecule has 1 aliphatic heterocycles. The lowest BCUT2D eigenvalue weighted by Gasteiger charge is -2.09. The van der Waals surface area contributed by atoms with Gasteiger partial charge in [-0.05, 0) is 24.3 Å². The van der Waals surface area contributed by atoms with Crippen molar-refractivity contribution in [1.29, 1.82) is 0 Å². The first-order valence-electron chi connectivity index (χ1n) is 8.38. The topological polar surface area (TPSA) is 66.9 Å². The van der Waals surface area contributed by atoms with Gasteiger partial charge in [0.1, 0.15) is 5.01 Å². The number of nitrogens with one attached hydrogen (secondary N) is 2. The Kier molecular flexibility index (Phi) is 4.97. The van der Waals surface area contributed by atoms with Crippen molar-refractivity contribution in [2.24, 2.45) is 0 Å². The predicted octanol–water partition coefficient (Wildman–Crippen LogP) is 3.43. The minimum atomic E-state index is -0.209. The van der Waals surface area contributed by atoms with E-state index in [1.54, 1.807) is 29.7 Å². The lowest BCUT2D eigenvalue weighted by molar-refractivity contribution is 0.0951. The van der Waals surface area contributed by atoms with Crippen molar-refractivity contribution in [2.75, 3.05) is 6.54 Å². The molecule has 26 heavy (non-hydrogen) atoms. The zero-order chi connectivity index (χ0) is 17.9. The van der Waals surface area contributed by atoms with E-state index in [0.29, 0.717) is 17.1 Å². The fourth-order valence-corrected chi connectivity index (χ4v) is 4.13. The van der Waals surface area contributed by atoms with Crippen molar-refractivity contribution in [3.8, 4) is 11.3 Å². The van der Waals surface area contributed by atoms with Crippen molar-refractivity contribution in [3.05, 3.63) is 68.8 Å². The number of nitrogens with zero attached hydrogens (tertiary/aromatic N) is 2. The molecular formula is C19H17ClN4OS. The number of aromatic nitrogens is 2. The number of pyridine rings is 1. The third kappa shape index (κ3) is 3.62. The average molecular weight is 385 g/mol. The van der Waals surface area contributed by atoms with E-state index in [1.165, 1.54) is 4.88 Å². The molecule has 0 atom stereocenters. The molecule has 0 spiro atoms. The number of hydrogen-bond donors (Lipinski definition) is 2. The van der Waals surface area contributed by atoms with Gasteiger partial charge in [-0.2, -0.15) is 0 Å². The standard InChI is InChI=1S/C19H17ClN4OS/c20-14-5-4-12(15-3-1-2-7-22-15)9-13(14)19(25)23-11-18-24-16-6-8-21-10-17(16)26-18/h1-5,7,9,21H,6,8,10-11H2,(H,23,25). The van der Waals surface area contributed by atoms with Crippen LogP contribution in [0.4, 0.5) is 0 Å². The van der Waals surface area contributed by atoms with Crippen LogP contribution in [0.15, 0.2) is 42.6 Å². The van der Waals surface area contributed by atoms with Gasteiger partial charge in [-0.25, -0.2) is 4.98 Å². The molecule has 2 N–H and O–H groups in total. The normalized spacial score (nSPS) is 13.3. The van der Waals surface area contributed by atoms with E-state index in [4.69, 9.17) is 11.6 Å². The summed E-state index contributed by atoms with van der Waals surface area (Å²) in [5.41, 5.74) is 3.25. The summed E-state index contributed by atoms with van der Waals surface area (Å²) in [7, 11) is 0. The smallest absolute Gasteiger partial charge is 0.253 e. The molecule has 1 aliphatic rings. The highest BCUT2D eigenvalue weighted by molar-refractivity contribution is 7.11. The van der Waals surface area contributed by atoms with Crippen molar-refractivity contribution < 1.29 is 4.79 Å². The van der Waals surface area contributed by atoms with E-state index < -0.39 is 0 Å². The Morgan fingerprint density at radius 1 is 1.31 bits per heavy atom. The summed E-state index contributed by atoms with van der Waals surface area (Å²) in [6.07, 6.45) is 2.67. The number of fused-ring (bicyclic) bond motifs is 1. The number of thiazole rings is 1. The largest absolute Gasteiger partial charge is 0.345 e. The minimum absolute atomic E-state index is 0.209. The van der Waals surface area contributed by atoms with E-state index in [1.807, 2.05) is 24.3 Å². The van der Waals surface area contributed by atoms with Gasteiger partial charge in [0.15, 0.2) is 0 Å². The third-order valence-corrected chi connectivity index (χ3v) is 5.65. The maximum atomic E-state index is 12.6. The molecule has 0 saturated heterocycles. The zero-order valence-electron chi connectivity index (χ0n) is 14.0. The van der Waals surface area contributed by atoms with Crippen LogP contribution in [0.5, 0.6) is 0 Å². The summed E-state index contributed by atoms with van der Waals surface area (Å²) in [6, 6.07) is 11.0. The van der Waals surface area contributed by atoms with Gasteiger partial charge in [0, 0.05) is 36.1 Å². The Morgan fingerprint density at radius 3 is 3.04 bits per heavy atom. The molecule has 3 heterocycles. The first-order chi connectivity index (χ1) is 12.7. The number of carbonyl (C=O) groups excluding carboxylic acids is 1. The highest BCUT2D eigenvalue weighted by Crippen LogP contribution is 2.25. The quantitative estimate of drug-likeness (QED) is 0.723. The molecule has 0 radical (unpaired) electrons. The molecular weight excluding hydrogens is 368 g/mol. The number of rotatable bonds is 4. The van der Waals surface area contributed by atoms with Gasteiger partial charge >= 0.3 is 0 Å². The first-order valence-corrected chi connectivity index (χ1v) is 9.57. The molecule has 1 aromatic carbocycles. The lowest BCUT2D eigenvalue weighted by atomic mass is 10.1. The van der Waals surface area contributed by atoms with Crippen LogP contribution >= 0.6 is 22.9 Å². The molecule has 5 nitrogen and oxygen atoms in total. The number of halogens is 1. The maximum Gasteiger partial charge on any atom is 0.253 e. The average Bonchev–Trinajstić information content (AvgIpc) is 3.10. The number of carbonyl (C=O) groups is 1. The second kappa shape index (κ2) is 7.53. The fraction of sp³-hybridized carbons (Fsp3) is 0.211. The zero-order valence-corrected chi connectivity index (χ0v) is 15.5. The summed E-state index contributed by atoms with van der Waals surface area (Å²) in [5.74, 6) is -0.209. The van der Waals surface area contributed by atoms with E-state index >= 15 is 0 Å². The summed E-state index contributed by atoms with van der Waals surface area (Å²) < 4.78 is 0. The molecule has 1 amide bonds. The predicted molar refractivity (Wildman–Crippen MR) is 103 cm³/mol. The van der Waals surface area contributed by atoms with Crippen molar-refractivity contribution >= 4 is 28.8 Å².